The zero-order valence-corrected chi connectivity index (χ0v) is 17.4. The number of rotatable bonds is 9. The lowest BCUT2D eigenvalue weighted by atomic mass is 9.99. The van der Waals surface area contributed by atoms with Crippen molar-refractivity contribution in [2.24, 2.45) is 0 Å². The van der Waals surface area contributed by atoms with Crippen molar-refractivity contribution < 1.29 is 26.7 Å². The van der Waals surface area contributed by atoms with Crippen LogP contribution in [0.25, 0.3) is 10.8 Å². The van der Waals surface area contributed by atoms with E-state index in [9.17, 15) is 22.0 Å². The smallest absolute Gasteiger partial charge is 0.422 e. The highest BCUT2D eigenvalue weighted by Crippen LogP contribution is 2.32. The molecule has 6 heteroatoms. The summed E-state index contributed by atoms with van der Waals surface area (Å²) < 4.78 is 70.0. The summed E-state index contributed by atoms with van der Waals surface area (Å²) in [4.78, 5) is 0. The first-order valence-corrected chi connectivity index (χ1v) is 10.4. The minimum absolute atomic E-state index is 0.0266. The lowest BCUT2D eigenvalue weighted by molar-refractivity contribution is -0.154. The summed E-state index contributed by atoms with van der Waals surface area (Å²) in [6.07, 6.45) is 1.46. The molecular formula is C25H25F5O. The van der Waals surface area contributed by atoms with E-state index in [0.29, 0.717) is 6.42 Å². The summed E-state index contributed by atoms with van der Waals surface area (Å²) in [5, 5.41) is 0.317. The molecule has 166 valence electrons. The van der Waals surface area contributed by atoms with Crippen LogP contribution in [-0.2, 0) is 19.3 Å². The first kappa shape index (κ1) is 23.0. The van der Waals surface area contributed by atoms with Gasteiger partial charge in [0.25, 0.3) is 0 Å². The van der Waals surface area contributed by atoms with Crippen LogP contribution in [0, 0.1) is 11.6 Å². The first-order chi connectivity index (χ1) is 14.8. The van der Waals surface area contributed by atoms with Gasteiger partial charge < -0.3 is 4.74 Å². The Hall–Kier alpha value is -2.63. The first-order valence-electron chi connectivity index (χ1n) is 10.4. The Bertz CT molecular complexity index is 1010. The summed E-state index contributed by atoms with van der Waals surface area (Å²) in [6.45, 7) is 0.432. The number of aryl methyl sites for hydroxylation is 3. The lowest BCUT2D eigenvalue weighted by Crippen LogP contribution is -2.20. The van der Waals surface area contributed by atoms with E-state index in [2.05, 4.69) is 35.9 Å². The molecule has 0 bridgehead atoms. The number of ether oxygens (including phenoxy) is 1. The molecule has 0 aromatic heterocycles. The molecule has 0 saturated heterocycles. The largest absolute Gasteiger partial charge is 0.478 e. The highest BCUT2D eigenvalue weighted by molar-refractivity contribution is 5.85. The number of benzene rings is 3. The summed E-state index contributed by atoms with van der Waals surface area (Å²) in [5.74, 6) is -3.27. The average molecular weight is 436 g/mol. The van der Waals surface area contributed by atoms with E-state index in [0.717, 1.165) is 24.5 Å². The predicted molar refractivity (Wildman–Crippen MR) is 112 cm³/mol. The molecule has 0 heterocycles. The van der Waals surface area contributed by atoms with Gasteiger partial charge >= 0.3 is 6.18 Å². The fourth-order valence-electron chi connectivity index (χ4n) is 3.54. The second-order valence-electron chi connectivity index (χ2n) is 7.73. The van der Waals surface area contributed by atoms with Crippen LogP contribution in [0.2, 0.25) is 0 Å². The molecule has 0 radical (unpaired) electrons. The van der Waals surface area contributed by atoms with Gasteiger partial charge in [-0.2, -0.15) is 13.2 Å². The minimum atomic E-state index is -4.68. The summed E-state index contributed by atoms with van der Waals surface area (Å²) in [7, 11) is 0. The molecule has 0 aliphatic rings. The van der Waals surface area contributed by atoms with Crippen LogP contribution in [0.3, 0.4) is 0 Å². The topological polar surface area (TPSA) is 9.23 Å². The highest BCUT2D eigenvalue weighted by Gasteiger charge is 2.30. The molecule has 0 aliphatic heterocycles. The number of hydrogen-bond acceptors (Lipinski definition) is 1. The number of unbranched alkanes of at least 4 members (excludes halogenated alkanes) is 2. The van der Waals surface area contributed by atoms with Gasteiger partial charge in [-0.25, -0.2) is 8.78 Å². The zero-order valence-electron chi connectivity index (χ0n) is 17.4. The van der Waals surface area contributed by atoms with Gasteiger partial charge in [0.2, 0.25) is 0 Å². The van der Waals surface area contributed by atoms with Crippen LogP contribution in [0.1, 0.15) is 42.9 Å². The van der Waals surface area contributed by atoms with Crippen molar-refractivity contribution in [1.29, 1.82) is 0 Å². The van der Waals surface area contributed by atoms with Crippen molar-refractivity contribution in [3.63, 3.8) is 0 Å². The van der Waals surface area contributed by atoms with Gasteiger partial charge in [0.05, 0.1) is 0 Å². The van der Waals surface area contributed by atoms with Crippen molar-refractivity contribution in [2.45, 2.75) is 51.6 Å². The van der Waals surface area contributed by atoms with E-state index in [1.807, 2.05) is 0 Å². The van der Waals surface area contributed by atoms with Crippen LogP contribution in [0.4, 0.5) is 22.0 Å². The predicted octanol–water partition coefficient (Wildman–Crippen LogP) is 7.58. The van der Waals surface area contributed by atoms with Crippen molar-refractivity contribution in [2.75, 3.05) is 6.61 Å². The van der Waals surface area contributed by atoms with Gasteiger partial charge in [0.15, 0.2) is 24.0 Å². The summed E-state index contributed by atoms with van der Waals surface area (Å²) in [5.41, 5.74) is 3.38. The third-order valence-electron chi connectivity index (χ3n) is 5.23. The molecule has 0 spiro atoms. The van der Waals surface area contributed by atoms with Crippen LogP contribution >= 0.6 is 0 Å². The molecule has 0 saturated carbocycles. The van der Waals surface area contributed by atoms with Gasteiger partial charge in [0, 0.05) is 5.39 Å². The van der Waals surface area contributed by atoms with Crippen molar-refractivity contribution in [3.05, 3.63) is 76.9 Å². The molecule has 0 fully saturated rings. The second-order valence-corrected chi connectivity index (χ2v) is 7.73. The molecule has 3 aromatic carbocycles. The monoisotopic (exact) mass is 436 g/mol. The molecule has 3 aromatic rings. The van der Waals surface area contributed by atoms with E-state index in [1.54, 1.807) is 12.1 Å². The Kier molecular flexibility index (Phi) is 7.52. The summed E-state index contributed by atoms with van der Waals surface area (Å²) >= 11 is 0. The molecule has 0 unspecified atom stereocenters. The summed E-state index contributed by atoms with van der Waals surface area (Å²) in [6, 6.07) is 14.3. The van der Waals surface area contributed by atoms with Crippen LogP contribution in [0.15, 0.2) is 48.5 Å². The maximum Gasteiger partial charge on any atom is 0.422 e. The molecule has 1 nitrogen and oxygen atoms in total. The number of halogens is 5. The van der Waals surface area contributed by atoms with Gasteiger partial charge in [-0.1, -0.05) is 62.2 Å². The van der Waals surface area contributed by atoms with Crippen LogP contribution in [-0.4, -0.2) is 12.8 Å². The van der Waals surface area contributed by atoms with Crippen LogP contribution < -0.4 is 4.74 Å². The van der Waals surface area contributed by atoms with E-state index < -0.39 is 30.2 Å². The second kappa shape index (κ2) is 10.1. The van der Waals surface area contributed by atoms with E-state index in [4.69, 9.17) is 0 Å². The molecular weight excluding hydrogens is 411 g/mol. The Balaban J connectivity index is 1.68. The quantitative estimate of drug-likeness (QED) is 0.248. The van der Waals surface area contributed by atoms with E-state index in [-0.39, 0.29) is 10.8 Å². The minimum Gasteiger partial charge on any atom is -0.478 e. The van der Waals surface area contributed by atoms with E-state index in [1.165, 1.54) is 36.5 Å². The molecule has 0 amide bonds. The lowest BCUT2D eigenvalue weighted by Gasteiger charge is -2.13. The Morgan fingerprint density at radius 1 is 0.774 bits per heavy atom. The Labute approximate surface area is 178 Å². The molecule has 0 atom stereocenters. The molecule has 0 N–H and O–H groups in total. The average Bonchev–Trinajstić information content (AvgIpc) is 2.72. The highest BCUT2D eigenvalue weighted by atomic mass is 19.4. The maximum atomic E-state index is 14.5. The SMILES string of the molecule is CCCCCc1ccc(CCc2ccc3c(F)c(OCC(F)(F)F)c(F)cc3c2)cc1. The number of fused-ring (bicyclic) bond motifs is 1. The van der Waals surface area contributed by atoms with Crippen molar-refractivity contribution in [3.8, 4) is 5.75 Å². The Morgan fingerprint density at radius 2 is 1.39 bits per heavy atom. The number of alkyl halides is 3. The van der Waals surface area contributed by atoms with Gasteiger partial charge in [-0.05, 0) is 53.8 Å². The standard InChI is InChI=1S/C25H25F5O/c1-2-3-4-5-17-6-8-18(9-7-17)10-11-19-12-13-21-20(14-19)15-22(26)24(23(21)27)31-16-25(28,29)30/h6-9,12-15H,2-5,10-11,16H2,1H3. The van der Waals surface area contributed by atoms with Gasteiger partial charge in [-0.3, -0.25) is 0 Å². The van der Waals surface area contributed by atoms with Crippen molar-refractivity contribution >= 4 is 10.8 Å². The Morgan fingerprint density at radius 3 is 2.03 bits per heavy atom. The van der Waals surface area contributed by atoms with E-state index >= 15 is 0 Å². The number of hydrogen-bond donors (Lipinski definition) is 0. The maximum absolute atomic E-state index is 14.5. The molecule has 31 heavy (non-hydrogen) atoms. The van der Waals surface area contributed by atoms with Crippen LogP contribution in [0.5, 0.6) is 5.75 Å². The zero-order chi connectivity index (χ0) is 22.4. The van der Waals surface area contributed by atoms with Crippen molar-refractivity contribution in [1.82, 2.24) is 0 Å². The molecule has 3 rings (SSSR count). The van der Waals surface area contributed by atoms with Gasteiger partial charge in [-0.15, -0.1) is 0 Å². The third kappa shape index (κ3) is 6.42. The van der Waals surface area contributed by atoms with Gasteiger partial charge in [0.1, 0.15) is 0 Å². The normalized spacial score (nSPS) is 11.8. The third-order valence-corrected chi connectivity index (χ3v) is 5.23. The molecule has 0 aliphatic carbocycles. The fraction of sp³-hybridized carbons (Fsp3) is 0.360. The fourth-order valence-corrected chi connectivity index (χ4v) is 3.54.